The second-order valence-electron chi connectivity index (χ2n) is 8.24. The van der Waals surface area contributed by atoms with Crippen molar-refractivity contribution in [3.63, 3.8) is 0 Å². The van der Waals surface area contributed by atoms with E-state index in [0.717, 1.165) is 22.5 Å². The Labute approximate surface area is 207 Å². The maximum atomic E-state index is 13.0. The Hall–Kier alpha value is -2.52. The van der Waals surface area contributed by atoms with Crippen LogP contribution in [0, 0.1) is 11.7 Å². The largest absolute Gasteiger partial charge is 0.423 e. The van der Waals surface area contributed by atoms with Crippen LogP contribution in [-0.2, 0) is 27.7 Å². The van der Waals surface area contributed by atoms with Gasteiger partial charge in [-0.2, -0.15) is 0 Å². The lowest BCUT2D eigenvalue weighted by Gasteiger charge is -2.22. The average molecular weight is 520 g/mol. The highest BCUT2D eigenvalue weighted by molar-refractivity contribution is 7.91. The summed E-state index contributed by atoms with van der Waals surface area (Å²) in [5, 5.41) is 0. The molecule has 1 aliphatic carbocycles. The average Bonchev–Trinajstić information content (AvgIpc) is 3.18. The quantitative estimate of drug-likeness (QED) is 0.198. The van der Waals surface area contributed by atoms with E-state index >= 15 is 0 Å². The number of aryl methyl sites for hydroxylation is 1. The normalized spacial score (nSPS) is 18.4. The molecule has 0 spiro atoms. The van der Waals surface area contributed by atoms with Crippen LogP contribution in [0.5, 0.6) is 5.75 Å². The minimum atomic E-state index is -3.64. The summed E-state index contributed by atoms with van der Waals surface area (Å²) in [6, 6.07) is 14.1. The van der Waals surface area contributed by atoms with Gasteiger partial charge in [-0.1, -0.05) is 36.7 Å². The molecule has 1 N–H and O–H groups in total. The Balaban J connectivity index is 1.42. The topological polar surface area (TPSA) is 72.5 Å². The zero-order chi connectivity index (χ0) is 24.3. The predicted molar refractivity (Wildman–Crippen MR) is 132 cm³/mol. The number of benzene rings is 2. The van der Waals surface area contributed by atoms with Crippen LogP contribution in [0.25, 0.3) is 6.08 Å². The summed E-state index contributed by atoms with van der Waals surface area (Å²) in [4.78, 5) is 12.2. The maximum absolute atomic E-state index is 13.0. The third-order valence-corrected chi connectivity index (χ3v) is 8.96. The van der Waals surface area contributed by atoms with Crippen LogP contribution >= 0.6 is 22.9 Å². The molecule has 1 aliphatic rings. The van der Waals surface area contributed by atoms with E-state index in [1.165, 1.54) is 24.3 Å². The molecule has 3 aromatic rings. The molecule has 4 rings (SSSR count). The Morgan fingerprint density at radius 3 is 2.62 bits per heavy atom. The fraction of sp³-hybridized carbons (Fsp3) is 0.240. The number of sulfonamides is 1. The monoisotopic (exact) mass is 519 g/mol. The van der Waals surface area contributed by atoms with E-state index in [0.29, 0.717) is 34.9 Å². The number of hydrogen-bond acceptors (Lipinski definition) is 5. The van der Waals surface area contributed by atoms with Crippen molar-refractivity contribution in [2.24, 2.45) is 5.92 Å². The number of fused-ring (bicyclic) bond motifs is 1. The number of carbonyl (C=O) groups excluding carboxylic acids is 1. The zero-order valence-corrected chi connectivity index (χ0v) is 20.7. The summed E-state index contributed by atoms with van der Waals surface area (Å²) >= 11 is 6.94. The number of thiophene rings is 1. The van der Waals surface area contributed by atoms with Gasteiger partial charge >= 0.3 is 5.97 Å². The third kappa shape index (κ3) is 6.13. The number of carbonyl (C=O) groups is 1. The predicted octanol–water partition coefficient (Wildman–Crippen LogP) is 5.63. The van der Waals surface area contributed by atoms with Crippen LogP contribution in [0.15, 0.2) is 64.9 Å². The summed E-state index contributed by atoms with van der Waals surface area (Å²) in [5.74, 6) is -0.418. The van der Waals surface area contributed by atoms with Crippen molar-refractivity contribution >= 4 is 45.0 Å². The Bertz CT molecular complexity index is 1320. The van der Waals surface area contributed by atoms with Crippen molar-refractivity contribution < 1.29 is 22.3 Å². The molecule has 0 fully saturated rings. The standard InChI is InChI=1S/C25H23ClFNO4S2/c1-16-14-19-15-21(32-24(29)12-4-17-2-7-20(27)8-3-17)9-5-18(19)6-10-22(16)28-34(30,31)25-13-11-23(26)33-25/h2-5,7-9,11-13,15-16,22,28H,6,10,14H2,1H3/b12-4+/t16-,22?/m1/s1. The molecule has 5 nitrogen and oxygen atoms in total. The summed E-state index contributed by atoms with van der Waals surface area (Å²) in [6.45, 7) is 2.01. The molecule has 2 atom stereocenters. The van der Waals surface area contributed by atoms with Crippen molar-refractivity contribution in [3.05, 3.63) is 87.5 Å². The molecule has 1 heterocycles. The van der Waals surface area contributed by atoms with E-state index in [-0.39, 0.29) is 22.0 Å². The van der Waals surface area contributed by atoms with E-state index in [4.69, 9.17) is 16.3 Å². The highest BCUT2D eigenvalue weighted by Crippen LogP contribution is 2.30. The van der Waals surface area contributed by atoms with E-state index in [9.17, 15) is 17.6 Å². The van der Waals surface area contributed by atoms with E-state index in [1.807, 2.05) is 19.1 Å². The van der Waals surface area contributed by atoms with Crippen molar-refractivity contribution in [1.82, 2.24) is 4.72 Å². The Morgan fingerprint density at radius 1 is 1.15 bits per heavy atom. The number of rotatable bonds is 6. The van der Waals surface area contributed by atoms with E-state index in [1.54, 1.807) is 30.3 Å². The lowest BCUT2D eigenvalue weighted by Crippen LogP contribution is -2.39. The Kier molecular flexibility index (Phi) is 7.52. The van der Waals surface area contributed by atoms with Gasteiger partial charge in [0.25, 0.3) is 0 Å². The minimum absolute atomic E-state index is 0.0378. The van der Waals surface area contributed by atoms with Gasteiger partial charge in [0.05, 0.1) is 4.34 Å². The summed E-state index contributed by atoms with van der Waals surface area (Å²) in [7, 11) is -3.64. The first-order valence-corrected chi connectivity index (χ1v) is 13.4. The van der Waals surface area contributed by atoms with Crippen LogP contribution in [0.3, 0.4) is 0 Å². The lowest BCUT2D eigenvalue weighted by molar-refractivity contribution is -0.128. The second kappa shape index (κ2) is 10.4. The maximum Gasteiger partial charge on any atom is 0.336 e. The molecule has 34 heavy (non-hydrogen) atoms. The Morgan fingerprint density at radius 2 is 1.91 bits per heavy atom. The number of ether oxygens (including phenoxy) is 1. The lowest BCUT2D eigenvalue weighted by atomic mass is 9.95. The number of nitrogens with one attached hydrogen (secondary N) is 1. The molecule has 0 amide bonds. The van der Waals surface area contributed by atoms with Gasteiger partial charge in [-0.05, 0) is 84.3 Å². The van der Waals surface area contributed by atoms with Gasteiger partial charge in [0.15, 0.2) is 0 Å². The number of halogens is 2. The molecule has 1 unspecified atom stereocenters. The first-order valence-electron chi connectivity index (χ1n) is 10.7. The smallest absolute Gasteiger partial charge is 0.336 e. The van der Waals surface area contributed by atoms with Crippen LogP contribution in [0.2, 0.25) is 4.34 Å². The van der Waals surface area contributed by atoms with Gasteiger partial charge in [-0.15, -0.1) is 11.3 Å². The van der Waals surface area contributed by atoms with Crippen molar-refractivity contribution in [3.8, 4) is 5.75 Å². The van der Waals surface area contributed by atoms with Crippen LogP contribution in [0.1, 0.15) is 30.0 Å². The summed E-state index contributed by atoms with van der Waals surface area (Å²) in [5.41, 5.74) is 2.82. The zero-order valence-electron chi connectivity index (χ0n) is 18.3. The summed E-state index contributed by atoms with van der Waals surface area (Å²) in [6.07, 6.45) is 4.86. The molecule has 0 aliphatic heterocycles. The number of hydrogen-bond donors (Lipinski definition) is 1. The van der Waals surface area contributed by atoms with E-state index in [2.05, 4.69) is 4.72 Å². The van der Waals surface area contributed by atoms with Gasteiger partial charge in [-0.3, -0.25) is 0 Å². The summed E-state index contributed by atoms with van der Waals surface area (Å²) < 4.78 is 47.4. The molecule has 0 radical (unpaired) electrons. The van der Waals surface area contributed by atoms with Gasteiger partial charge in [0.1, 0.15) is 15.8 Å². The molecular weight excluding hydrogens is 497 g/mol. The highest BCUT2D eigenvalue weighted by atomic mass is 35.5. The molecule has 1 aromatic heterocycles. The van der Waals surface area contributed by atoms with Gasteiger partial charge in [-0.25, -0.2) is 22.3 Å². The van der Waals surface area contributed by atoms with Gasteiger partial charge < -0.3 is 4.74 Å². The minimum Gasteiger partial charge on any atom is -0.423 e. The second-order valence-corrected chi connectivity index (χ2v) is 11.9. The van der Waals surface area contributed by atoms with Gasteiger partial charge in [0.2, 0.25) is 10.0 Å². The van der Waals surface area contributed by atoms with E-state index < -0.39 is 16.0 Å². The molecule has 9 heteroatoms. The van der Waals surface area contributed by atoms with Gasteiger partial charge in [0, 0.05) is 12.1 Å². The van der Waals surface area contributed by atoms with Crippen molar-refractivity contribution in [2.45, 2.75) is 36.4 Å². The van der Waals surface area contributed by atoms with Crippen LogP contribution in [-0.4, -0.2) is 20.4 Å². The highest BCUT2D eigenvalue weighted by Gasteiger charge is 2.28. The third-order valence-electron chi connectivity index (χ3n) is 5.75. The molecule has 0 saturated heterocycles. The first kappa shape index (κ1) is 24.6. The molecule has 178 valence electrons. The van der Waals surface area contributed by atoms with Crippen molar-refractivity contribution in [1.29, 1.82) is 0 Å². The first-order chi connectivity index (χ1) is 16.2. The van der Waals surface area contributed by atoms with Crippen molar-refractivity contribution in [2.75, 3.05) is 0 Å². The SMILES string of the molecule is C[C@@H]1Cc2cc(OC(=O)/C=C/c3ccc(F)cc3)ccc2CCC1NS(=O)(=O)c1ccc(Cl)s1. The molecule has 0 saturated carbocycles. The number of esters is 1. The molecule has 0 bridgehead atoms. The van der Waals surface area contributed by atoms with Crippen LogP contribution in [0.4, 0.5) is 4.39 Å². The molecular formula is C25H23ClFNO4S2. The fourth-order valence-electron chi connectivity index (χ4n) is 3.95. The fourth-order valence-corrected chi connectivity index (χ4v) is 6.83. The van der Waals surface area contributed by atoms with Crippen LogP contribution < -0.4 is 9.46 Å². The molecule has 2 aromatic carbocycles.